The second kappa shape index (κ2) is 7.54. The summed E-state index contributed by atoms with van der Waals surface area (Å²) < 4.78 is 0. The molecule has 6 heteroatoms. The third-order valence-electron chi connectivity index (χ3n) is 4.25. The lowest BCUT2D eigenvalue weighted by Gasteiger charge is -2.30. The molecule has 0 aliphatic carbocycles. The van der Waals surface area contributed by atoms with Crippen LogP contribution in [0.5, 0.6) is 0 Å². The lowest BCUT2D eigenvalue weighted by Crippen LogP contribution is -2.46. The number of likely N-dealkylation sites (N-methyl/N-ethyl adjacent to an activating group) is 1. The first kappa shape index (κ1) is 16.7. The van der Waals surface area contributed by atoms with Gasteiger partial charge >= 0.3 is 0 Å². The van der Waals surface area contributed by atoms with Crippen molar-refractivity contribution in [3.8, 4) is 0 Å². The maximum Gasteiger partial charge on any atom is 0.245 e. The fourth-order valence-corrected chi connectivity index (χ4v) is 3.14. The molecule has 2 atom stereocenters. The van der Waals surface area contributed by atoms with Crippen LogP contribution in [0.1, 0.15) is 39.2 Å². The number of amides is 1. The second-order valence-corrected chi connectivity index (χ2v) is 5.80. The first-order valence-corrected chi connectivity index (χ1v) is 8.22. The lowest BCUT2D eigenvalue weighted by molar-refractivity contribution is -0.132. The number of carbonyl (C=O) groups is 1. The van der Waals surface area contributed by atoms with Crippen LogP contribution in [0.4, 0.5) is 5.82 Å². The van der Waals surface area contributed by atoms with E-state index < -0.39 is 0 Å². The molecular weight excluding hydrogens is 278 g/mol. The van der Waals surface area contributed by atoms with Gasteiger partial charge in [-0.1, -0.05) is 13.3 Å². The first-order valence-electron chi connectivity index (χ1n) is 8.22. The van der Waals surface area contributed by atoms with Crippen LogP contribution < -0.4 is 10.6 Å². The van der Waals surface area contributed by atoms with Gasteiger partial charge in [0, 0.05) is 37.4 Å². The highest BCUT2D eigenvalue weighted by molar-refractivity contribution is 5.86. The van der Waals surface area contributed by atoms with Crippen molar-refractivity contribution in [1.82, 2.24) is 14.9 Å². The molecular formula is C16H27N5O. The van der Waals surface area contributed by atoms with Crippen molar-refractivity contribution < 1.29 is 4.79 Å². The van der Waals surface area contributed by atoms with E-state index in [9.17, 15) is 4.79 Å². The van der Waals surface area contributed by atoms with E-state index in [1.807, 2.05) is 24.9 Å². The summed E-state index contributed by atoms with van der Waals surface area (Å²) in [5.41, 5.74) is 7.24. The number of aryl methyl sites for hydroxylation is 1. The maximum absolute atomic E-state index is 12.8. The lowest BCUT2D eigenvalue weighted by atomic mass is 10.1. The van der Waals surface area contributed by atoms with Crippen molar-refractivity contribution in [2.45, 2.75) is 52.1 Å². The summed E-state index contributed by atoms with van der Waals surface area (Å²) in [4.78, 5) is 25.3. The minimum Gasteiger partial charge on any atom is -0.343 e. The number of nitrogens with two attached hydrogens (primary N) is 1. The van der Waals surface area contributed by atoms with Gasteiger partial charge in [0.2, 0.25) is 5.91 Å². The van der Waals surface area contributed by atoms with E-state index in [4.69, 9.17) is 5.73 Å². The zero-order chi connectivity index (χ0) is 16.1. The quantitative estimate of drug-likeness (QED) is 0.855. The molecule has 2 N–H and O–H groups in total. The second-order valence-electron chi connectivity index (χ2n) is 5.80. The van der Waals surface area contributed by atoms with E-state index in [1.165, 1.54) is 0 Å². The van der Waals surface area contributed by atoms with Crippen molar-refractivity contribution >= 4 is 11.7 Å². The highest BCUT2D eigenvalue weighted by Crippen LogP contribution is 2.27. The Labute approximate surface area is 132 Å². The monoisotopic (exact) mass is 305 g/mol. The molecule has 1 fully saturated rings. The van der Waals surface area contributed by atoms with Crippen LogP contribution in [0.3, 0.4) is 0 Å². The van der Waals surface area contributed by atoms with Gasteiger partial charge in [-0.3, -0.25) is 4.79 Å². The van der Waals surface area contributed by atoms with Crippen LogP contribution in [0.15, 0.2) is 12.5 Å². The molecule has 0 radical (unpaired) electrons. The fourth-order valence-electron chi connectivity index (χ4n) is 3.14. The summed E-state index contributed by atoms with van der Waals surface area (Å²) in [5.74, 6) is 1.02. The molecule has 2 rings (SSSR count). The summed E-state index contributed by atoms with van der Waals surface area (Å²) in [6.07, 6.45) is 6.03. The van der Waals surface area contributed by atoms with Crippen molar-refractivity contribution in [2.24, 2.45) is 5.73 Å². The molecule has 1 aliphatic rings. The van der Waals surface area contributed by atoms with E-state index in [0.29, 0.717) is 13.0 Å². The average molecular weight is 305 g/mol. The Hall–Kier alpha value is -1.69. The zero-order valence-corrected chi connectivity index (χ0v) is 13.8. The Kier molecular flexibility index (Phi) is 5.71. The van der Waals surface area contributed by atoms with Crippen molar-refractivity contribution in [1.29, 1.82) is 0 Å². The predicted octanol–water partition coefficient (Wildman–Crippen LogP) is 1.20. The van der Waals surface area contributed by atoms with E-state index in [2.05, 4.69) is 21.8 Å². The molecule has 6 nitrogen and oxygen atoms in total. The van der Waals surface area contributed by atoms with Crippen LogP contribution in [0.25, 0.3) is 0 Å². The maximum atomic E-state index is 12.8. The smallest absolute Gasteiger partial charge is 0.245 e. The Bertz CT molecular complexity index is 503. The topological polar surface area (TPSA) is 75.4 Å². The molecule has 122 valence electrons. The van der Waals surface area contributed by atoms with Crippen molar-refractivity contribution in [3.63, 3.8) is 0 Å². The standard InChI is InChI=1S/C16H27N5O/c1-4-7-12-9-18-11-19-15(12)21-10-13(17)8-14(21)16(22)20(5-2)6-3/h9,11,13-14H,4-8,10,17H2,1-3H3/t13-,14-/m0/s1. The molecule has 0 aromatic carbocycles. The normalized spacial score (nSPS) is 21.2. The molecule has 1 aromatic rings. The number of carbonyl (C=O) groups excluding carboxylic acids is 1. The van der Waals surface area contributed by atoms with Gasteiger partial charge in [-0.15, -0.1) is 0 Å². The van der Waals surface area contributed by atoms with E-state index in [0.717, 1.165) is 37.3 Å². The van der Waals surface area contributed by atoms with E-state index >= 15 is 0 Å². The number of nitrogens with zero attached hydrogens (tertiary/aromatic N) is 4. The van der Waals surface area contributed by atoms with Gasteiger partial charge in [-0.2, -0.15) is 0 Å². The molecule has 1 saturated heterocycles. The van der Waals surface area contributed by atoms with Crippen LogP contribution in [-0.4, -0.2) is 52.5 Å². The van der Waals surface area contributed by atoms with Gasteiger partial charge in [0.05, 0.1) is 0 Å². The Morgan fingerprint density at radius 2 is 2.14 bits per heavy atom. The third-order valence-corrected chi connectivity index (χ3v) is 4.25. The molecule has 0 saturated carbocycles. The Morgan fingerprint density at radius 1 is 1.41 bits per heavy atom. The summed E-state index contributed by atoms with van der Waals surface area (Å²) >= 11 is 0. The minimum atomic E-state index is -0.208. The summed E-state index contributed by atoms with van der Waals surface area (Å²) in [7, 11) is 0. The van der Waals surface area contributed by atoms with Gasteiger partial charge < -0.3 is 15.5 Å². The molecule has 1 aromatic heterocycles. The highest BCUT2D eigenvalue weighted by Gasteiger charge is 2.38. The zero-order valence-electron chi connectivity index (χ0n) is 13.8. The number of rotatable bonds is 6. The molecule has 1 amide bonds. The number of hydrogen-bond donors (Lipinski definition) is 1. The predicted molar refractivity (Wildman–Crippen MR) is 87.7 cm³/mol. The van der Waals surface area contributed by atoms with Gasteiger partial charge in [-0.05, 0) is 26.7 Å². The van der Waals surface area contributed by atoms with Crippen LogP contribution in [-0.2, 0) is 11.2 Å². The molecule has 2 heterocycles. The number of anilines is 1. The minimum absolute atomic E-state index is 0.00829. The van der Waals surface area contributed by atoms with Gasteiger partial charge in [0.25, 0.3) is 0 Å². The molecule has 1 aliphatic heterocycles. The van der Waals surface area contributed by atoms with Crippen LogP contribution in [0.2, 0.25) is 0 Å². The average Bonchev–Trinajstić information content (AvgIpc) is 2.91. The molecule has 0 bridgehead atoms. The first-order chi connectivity index (χ1) is 10.6. The number of aromatic nitrogens is 2. The summed E-state index contributed by atoms with van der Waals surface area (Å²) in [6, 6.07) is -0.200. The van der Waals surface area contributed by atoms with Gasteiger partial charge in [0.15, 0.2) is 0 Å². The van der Waals surface area contributed by atoms with Crippen molar-refractivity contribution in [2.75, 3.05) is 24.5 Å². The largest absolute Gasteiger partial charge is 0.343 e. The highest BCUT2D eigenvalue weighted by atomic mass is 16.2. The van der Waals surface area contributed by atoms with Crippen LogP contribution >= 0.6 is 0 Å². The van der Waals surface area contributed by atoms with Gasteiger partial charge in [0.1, 0.15) is 18.2 Å². The Balaban J connectivity index is 2.30. The van der Waals surface area contributed by atoms with Crippen LogP contribution in [0, 0.1) is 0 Å². The van der Waals surface area contributed by atoms with Crippen molar-refractivity contribution in [3.05, 3.63) is 18.1 Å². The van der Waals surface area contributed by atoms with E-state index in [-0.39, 0.29) is 18.0 Å². The van der Waals surface area contributed by atoms with E-state index in [1.54, 1.807) is 6.33 Å². The number of hydrogen-bond acceptors (Lipinski definition) is 5. The summed E-state index contributed by atoms with van der Waals surface area (Å²) in [6.45, 7) is 8.26. The third kappa shape index (κ3) is 3.38. The molecule has 22 heavy (non-hydrogen) atoms. The van der Waals surface area contributed by atoms with Gasteiger partial charge in [-0.25, -0.2) is 9.97 Å². The molecule has 0 unspecified atom stereocenters. The SMILES string of the molecule is CCCc1cncnc1N1C[C@@H](N)C[C@H]1C(=O)N(CC)CC. The Morgan fingerprint density at radius 3 is 2.77 bits per heavy atom. The fraction of sp³-hybridized carbons (Fsp3) is 0.688. The molecule has 0 spiro atoms. The summed E-state index contributed by atoms with van der Waals surface area (Å²) in [5, 5.41) is 0.